The summed E-state index contributed by atoms with van der Waals surface area (Å²) in [5, 5.41) is 0. The molecule has 0 aromatic heterocycles. The summed E-state index contributed by atoms with van der Waals surface area (Å²) in [5.41, 5.74) is 13.1. The van der Waals surface area contributed by atoms with Crippen LogP contribution in [0, 0.1) is 41.5 Å². The van der Waals surface area contributed by atoms with Crippen molar-refractivity contribution in [1.82, 2.24) is 0 Å². The average Bonchev–Trinajstić information content (AvgIpc) is 3.48. The summed E-state index contributed by atoms with van der Waals surface area (Å²) >= 11 is -2.12. The van der Waals surface area contributed by atoms with Gasteiger partial charge in [-0.3, -0.25) is 6.89 Å². The van der Waals surface area contributed by atoms with E-state index in [1.807, 2.05) is 0 Å². The van der Waals surface area contributed by atoms with E-state index in [1.54, 1.807) is 0 Å². The molecule has 6 rings (SSSR count). The molecule has 1 heterocycles. The quantitative estimate of drug-likeness (QED) is 0.128. The molecule has 4 fully saturated rings. The van der Waals surface area contributed by atoms with Gasteiger partial charge in [0.25, 0.3) is 0 Å². The van der Waals surface area contributed by atoms with Crippen LogP contribution in [-0.2, 0) is 13.5 Å². The maximum absolute atomic E-state index is 9.75. The molecule has 0 atom stereocenters. The summed E-state index contributed by atoms with van der Waals surface area (Å²) in [5.74, 6) is 0. The zero-order valence-electron chi connectivity index (χ0n) is 31.7. The predicted molar refractivity (Wildman–Crippen MR) is 216 cm³/mol. The van der Waals surface area contributed by atoms with Gasteiger partial charge in [-0.1, -0.05) is 57.8 Å². The van der Waals surface area contributed by atoms with E-state index >= 15 is 0 Å². The first-order chi connectivity index (χ1) is 24.0. The van der Waals surface area contributed by atoms with E-state index in [4.69, 9.17) is 25.7 Å². The standard InChI is InChI=1S/C21H26N2.C19H34P.BF4.2ClH.Ru/c1-14-9-16(3)20(17(4)10-14)22-7-8-23(13-22)21-18(5)11-15(2)12-19(21)6;1-20(17-11-5-2-6-12-17,18-13-7-3-8-14-18)19-15-9-4-10-16-19;2-1(3,4)5;;;/h9-12H,7-8H2,1-6H3;1,17-19H,2-16H2;;2*1H;/q;2*-1;;;+2/p-2. The number of nitrogens with zero attached hydrogens (tertiary/aromatic N) is 2. The van der Waals surface area contributed by atoms with Crippen LogP contribution in [0.4, 0.5) is 28.6 Å². The van der Waals surface area contributed by atoms with Crippen molar-refractivity contribution in [3.05, 3.63) is 57.6 Å². The van der Waals surface area contributed by atoms with Crippen molar-refractivity contribution in [3.63, 3.8) is 0 Å². The zero-order valence-corrected chi connectivity index (χ0v) is 35.8. The Bertz CT molecular complexity index is 1370. The molecule has 0 bridgehead atoms. The number of hydrogen-bond donors (Lipinski definition) is 0. The van der Waals surface area contributed by atoms with Crippen molar-refractivity contribution in [3.8, 4) is 0 Å². The SMILES string of the molecule is Cc1cc(C)c(N2CCN(c3c(C)cc(C)cc3C)[C]2=[Ru]([Cl])[Cl])c(C)c1.F[B-](F)(F)F.[CH-]=P(C1CCCCC1)(C1CCCCC1)C1CCCCC1. The minimum Gasteiger partial charge on any atom is -0.508 e. The van der Waals surface area contributed by atoms with E-state index in [2.05, 4.69) is 75.6 Å². The normalized spacial score (nSPS) is 20.1. The Hall–Kier alpha value is -0.802. The molecular formula is C40H60BCl2F4N2PRu-2. The fourth-order valence-corrected chi connectivity index (χ4v) is 18.5. The summed E-state index contributed by atoms with van der Waals surface area (Å²) in [7, 11) is 7.27. The minimum atomic E-state index is -6.00. The first-order valence-corrected chi connectivity index (χ1v) is 26.5. The fourth-order valence-electron chi connectivity index (χ4n) is 9.75. The average molecular weight is 859 g/mol. The van der Waals surface area contributed by atoms with E-state index in [0.29, 0.717) is 0 Å². The molecule has 2 aromatic rings. The third-order valence-corrected chi connectivity index (χ3v) is 19.8. The molecule has 0 unspecified atom stereocenters. The van der Waals surface area contributed by atoms with Crippen molar-refractivity contribution in [2.24, 2.45) is 0 Å². The smallest absolute Gasteiger partial charge is 0.508 e. The first kappa shape index (κ1) is 42.9. The Morgan fingerprint density at radius 1 is 0.569 bits per heavy atom. The number of aryl methyl sites for hydroxylation is 6. The van der Waals surface area contributed by atoms with Crippen LogP contribution in [0.5, 0.6) is 0 Å². The maximum Gasteiger partial charge on any atom is 0.673 e. The largest absolute Gasteiger partial charge is 0.673 e. The fraction of sp³-hybridized carbons (Fsp3) is 0.650. The third-order valence-electron chi connectivity index (χ3n) is 11.5. The van der Waals surface area contributed by atoms with Crippen molar-refractivity contribution < 1.29 is 30.8 Å². The number of benzene rings is 2. The van der Waals surface area contributed by atoms with Gasteiger partial charge in [0.1, 0.15) is 0 Å². The summed E-state index contributed by atoms with van der Waals surface area (Å²) in [6.07, 6.45) is 29.6. The summed E-state index contributed by atoms with van der Waals surface area (Å²) < 4.78 is 40.1. The second-order valence-electron chi connectivity index (χ2n) is 15.5. The summed E-state index contributed by atoms with van der Waals surface area (Å²) in [6, 6.07) is 8.96. The molecule has 2 aromatic carbocycles. The van der Waals surface area contributed by atoms with Crippen molar-refractivity contribution in [2.75, 3.05) is 22.9 Å². The van der Waals surface area contributed by atoms with Crippen LogP contribution >= 0.6 is 26.3 Å². The van der Waals surface area contributed by atoms with Gasteiger partial charge in [-0.25, -0.2) is 0 Å². The van der Waals surface area contributed by atoms with E-state index in [0.717, 1.165) is 34.4 Å². The second-order valence-corrected chi connectivity index (χ2v) is 25.1. The van der Waals surface area contributed by atoms with E-state index < -0.39 is 27.7 Å². The number of hydrogen-bond acceptors (Lipinski definition) is 2. The van der Waals surface area contributed by atoms with Gasteiger partial charge in [0.05, 0.1) is 0 Å². The molecule has 290 valence electrons. The summed E-state index contributed by atoms with van der Waals surface area (Å²) in [4.78, 5) is 4.73. The van der Waals surface area contributed by atoms with Gasteiger partial charge in [0.2, 0.25) is 0 Å². The molecule has 1 aliphatic heterocycles. The minimum absolute atomic E-state index is 0.914. The molecule has 1 saturated heterocycles. The van der Waals surface area contributed by atoms with Crippen molar-refractivity contribution in [1.29, 1.82) is 0 Å². The molecule has 3 saturated carbocycles. The van der Waals surface area contributed by atoms with Gasteiger partial charge >= 0.3 is 178 Å². The molecule has 0 radical (unpaired) electrons. The Balaban J connectivity index is 0.000000207. The predicted octanol–water partition coefficient (Wildman–Crippen LogP) is 13.5. The van der Waals surface area contributed by atoms with Gasteiger partial charge in [0.15, 0.2) is 0 Å². The first-order valence-electron chi connectivity index (χ1n) is 19.1. The van der Waals surface area contributed by atoms with Crippen LogP contribution in [0.25, 0.3) is 0 Å². The van der Waals surface area contributed by atoms with E-state index in [9.17, 15) is 17.3 Å². The van der Waals surface area contributed by atoms with Crippen LogP contribution in [0.1, 0.15) is 130 Å². The topological polar surface area (TPSA) is 6.48 Å². The van der Waals surface area contributed by atoms with Gasteiger partial charge in [0, 0.05) is 0 Å². The van der Waals surface area contributed by atoms with Crippen molar-refractivity contribution >= 4 is 55.6 Å². The van der Waals surface area contributed by atoms with Gasteiger partial charge in [-0.2, -0.15) is 0 Å². The molecule has 11 heteroatoms. The molecule has 2 nitrogen and oxygen atoms in total. The van der Waals surface area contributed by atoms with Crippen molar-refractivity contribution in [2.45, 2.75) is 155 Å². The molecule has 4 aliphatic rings. The number of halogens is 6. The maximum atomic E-state index is 9.75. The molecule has 0 N–H and O–H groups in total. The second kappa shape index (κ2) is 19.2. The Labute approximate surface area is 320 Å². The zero-order chi connectivity index (χ0) is 37.5. The van der Waals surface area contributed by atoms with Gasteiger partial charge in [-0.05, 0) is 55.5 Å². The Morgan fingerprint density at radius 3 is 1.06 bits per heavy atom. The summed E-state index contributed by atoms with van der Waals surface area (Å²) in [6.45, 7) is 13.6. The third kappa shape index (κ3) is 11.4. The number of rotatable bonds is 5. The number of anilines is 2. The Kier molecular flexibility index (Phi) is 16.1. The van der Waals surface area contributed by atoms with Gasteiger partial charge in [-0.15, -0.1) is 0 Å². The molecule has 51 heavy (non-hydrogen) atoms. The van der Waals surface area contributed by atoms with E-state index in [1.165, 1.54) is 141 Å². The van der Waals surface area contributed by atoms with Gasteiger partial charge < -0.3 is 23.6 Å². The molecule has 0 spiro atoms. The monoisotopic (exact) mass is 858 g/mol. The molecule has 0 amide bonds. The van der Waals surface area contributed by atoms with Crippen LogP contribution in [-0.4, -0.2) is 48.0 Å². The Morgan fingerprint density at radius 2 is 0.824 bits per heavy atom. The van der Waals surface area contributed by atoms with Crippen LogP contribution in [0.15, 0.2) is 24.3 Å². The van der Waals surface area contributed by atoms with Crippen LogP contribution in [0.3, 0.4) is 0 Å². The van der Waals surface area contributed by atoms with Crippen LogP contribution in [0.2, 0.25) is 0 Å². The van der Waals surface area contributed by atoms with E-state index in [-0.39, 0.29) is 0 Å². The molecule has 3 aliphatic carbocycles. The van der Waals surface area contributed by atoms with Crippen LogP contribution < -0.4 is 9.80 Å². The molecular weight excluding hydrogens is 798 g/mol.